The van der Waals surface area contributed by atoms with E-state index in [0.717, 1.165) is 22.1 Å². The number of hydrogen-bond acceptors (Lipinski definition) is 3. The van der Waals surface area contributed by atoms with Crippen LogP contribution in [0.15, 0.2) is 22.7 Å². The number of ether oxygens (including phenoxy) is 1. The maximum absolute atomic E-state index is 12.7. The van der Waals surface area contributed by atoms with E-state index in [4.69, 9.17) is 4.74 Å². The number of nitrogens with zero attached hydrogens (tertiary/aromatic N) is 1. The topological polar surface area (TPSA) is 58.6 Å². The number of amides is 2. The van der Waals surface area contributed by atoms with Gasteiger partial charge in [-0.2, -0.15) is 0 Å². The molecule has 0 aliphatic carbocycles. The minimum absolute atomic E-state index is 0.0431. The van der Waals surface area contributed by atoms with Gasteiger partial charge in [0.05, 0.1) is 18.1 Å². The van der Waals surface area contributed by atoms with Gasteiger partial charge in [0.2, 0.25) is 11.8 Å². The Morgan fingerprint density at radius 3 is 2.95 bits per heavy atom. The van der Waals surface area contributed by atoms with Crippen LogP contribution in [0.4, 0.5) is 5.69 Å². The summed E-state index contributed by atoms with van der Waals surface area (Å²) in [5.41, 5.74) is 1.15. The monoisotopic (exact) mass is 366 g/mol. The van der Waals surface area contributed by atoms with Gasteiger partial charge in [0.15, 0.2) is 0 Å². The fourth-order valence-corrected chi connectivity index (χ4v) is 3.39. The van der Waals surface area contributed by atoms with E-state index < -0.39 is 5.41 Å². The van der Waals surface area contributed by atoms with Gasteiger partial charge < -0.3 is 15.0 Å². The van der Waals surface area contributed by atoms with Crippen LogP contribution in [0.25, 0.3) is 0 Å². The van der Waals surface area contributed by atoms with Crippen molar-refractivity contribution in [1.82, 2.24) is 5.32 Å². The van der Waals surface area contributed by atoms with E-state index in [1.54, 1.807) is 4.90 Å². The fourth-order valence-electron chi connectivity index (χ4n) is 3.03. The predicted octanol–water partition coefficient (Wildman–Crippen LogP) is 1.98. The summed E-state index contributed by atoms with van der Waals surface area (Å²) < 4.78 is 6.18. The smallest absolute Gasteiger partial charge is 0.240 e. The average molecular weight is 367 g/mol. The van der Waals surface area contributed by atoms with Crippen molar-refractivity contribution in [3.63, 3.8) is 0 Å². The molecule has 118 valence electrons. The summed E-state index contributed by atoms with van der Waals surface area (Å²) in [5, 5.41) is 2.93. The first-order chi connectivity index (χ1) is 10.4. The Bertz CT molecular complexity index is 624. The standard InChI is InChI=1S/C16H19BrN2O3/c1-16(2)12-7-10(17)3-4-13(12)19(15(16)21)8-14(20)18-11-5-6-22-9-11/h3-4,7,11H,5-6,8-9H2,1-2H3,(H,18,20). The molecular weight excluding hydrogens is 348 g/mol. The fraction of sp³-hybridized carbons (Fsp3) is 0.500. The SMILES string of the molecule is CC1(C)C(=O)N(CC(=O)NC2CCOC2)c2ccc(Br)cc21. The van der Waals surface area contributed by atoms with Crippen LogP contribution in [0.1, 0.15) is 25.8 Å². The molecule has 22 heavy (non-hydrogen) atoms. The van der Waals surface area contributed by atoms with E-state index >= 15 is 0 Å². The van der Waals surface area contributed by atoms with Gasteiger partial charge in [-0.15, -0.1) is 0 Å². The van der Waals surface area contributed by atoms with Crippen LogP contribution < -0.4 is 10.2 Å². The number of carbonyl (C=O) groups is 2. The lowest BCUT2D eigenvalue weighted by Gasteiger charge is -2.21. The lowest BCUT2D eigenvalue weighted by atomic mass is 9.86. The first-order valence-electron chi connectivity index (χ1n) is 7.38. The van der Waals surface area contributed by atoms with Crippen LogP contribution in [0.2, 0.25) is 0 Å². The van der Waals surface area contributed by atoms with Crippen molar-refractivity contribution in [2.75, 3.05) is 24.7 Å². The number of hydrogen-bond donors (Lipinski definition) is 1. The third-order valence-electron chi connectivity index (χ3n) is 4.30. The van der Waals surface area contributed by atoms with Gasteiger partial charge in [-0.1, -0.05) is 15.9 Å². The average Bonchev–Trinajstić information content (AvgIpc) is 3.02. The molecule has 0 radical (unpaired) electrons. The normalized spacial score (nSPS) is 22.8. The summed E-state index contributed by atoms with van der Waals surface area (Å²) in [7, 11) is 0. The van der Waals surface area contributed by atoms with Crippen molar-refractivity contribution >= 4 is 33.4 Å². The maximum Gasteiger partial charge on any atom is 0.240 e. The van der Waals surface area contributed by atoms with E-state index in [1.165, 1.54) is 0 Å². The molecule has 1 aromatic rings. The van der Waals surface area contributed by atoms with Gasteiger partial charge in [0, 0.05) is 16.8 Å². The van der Waals surface area contributed by atoms with Gasteiger partial charge in [-0.05, 0) is 44.0 Å². The minimum Gasteiger partial charge on any atom is -0.379 e. The molecule has 2 amide bonds. The molecule has 2 heterocycles. The summed E-state index contributed by atoms with van der Waals surface area (Å²) in [5.74, 6) is -0.186. The summed E-state index contributed by atoms with van der Waals surface area (Å²) in [6.07, 6.45) is 0.828. The van der Waals surface area contributed by atoms with Crippen molar-refractivity contribution in [2.24, 2.45) is 0 Å². The van der Waals surface area contributed by atoms with Crippen molar-refractivity contribution in [2.45, 2.75) is 31.7 Å². The molecular formula is C16H19BrN2O3. The highest BCUT2D eigenvalue weighted by Crippen LogP contribution is 2.42. The molecule has 0 saturated carbocycles. The lowest BCUT2D eigenvalue weighted by molar-refractivity contribution is -0.125. The predicted molar refractivity (Wildman–Crippen MR) is 86.9 cm³/mol. The highest BCUT2D eigenvalue weighted by Gasteiger charge is 2.44. The van der Waals surface area contributed by atoms with Gasteiger partial charge in [0.25, 0.3) is 0 Å². The zero-order chi connectivity index (χ0) is 15.9. The first-order valence-corrected chi connectivity index (χ1v) is 8.18. The highest BCUT2D eigenvalue weighted by molar-refractivity contribution is 9.10. The van der Waals surface area contributed by atoms with Gasteiger partial charge in [-0.25, -0.2) is 0 Å². The number of benzene rings is 1. The van der Waals surface area contributed by atoms with Crippen molar-refractivity contribution in [3.05, 3.63) is 28.2 Å². The van der Waals surface area contributed by atoms with Crippen molar-refractivity contribution < 1.29 is 14.3 Å². The molecule has 1 aromatic carbocycles. The largest absolute Gasteiger partial charge is 0.379 e. The van der Waals surface area contributed by atoms with Crippen LogP contribution in [0.5, 0.6) is 0 Å². The molecule has 2 aliphatic heterocycles. The summed E-state index contributed by atoms with van der Waals surface area (Å²) in [6, 6.07) is 5.79. The number of fused-ring (bicyclic) bond motifs is 1. The third-order valence-corrected chi connectivity index (χ3v) is 4.79. The molecule has 1 fully saturated rings. The summed E-state index contributed by atoms with van der Waals surface area (Å²) in [6.45, 7) is 5.06. The summed E-state index contributed by atoms with van der Waals surface area (Å²) >= 11 is 3.44. The second kappa shape index (κ2) is 5.66. The first kappa shape index (κ1) is 15.5. The molecule has 1 atom stereocenters. The van der Waals surface area contributed by atoms with E-state index in [1.807, 2.05) is 32.0 Å². The number of halogens is 1. The van der Waals surface area contributed by atoms with Gasteiger partial charge >= 0.3 is 0 Å². The molecule has 1 saturated heterocycles. The maximum atomic E-state index is 12.7. The Kier molecular flexibility index (Phi) is 3.99. The Morgan fingerprint density at radius 1 is 1.50 bits per heavy atom. The Labute approximate surface area is 138 Å². The Morgan fingerprint density at radius 2 is 2.27 bits per heavy atom. The molecule has 1 N–H and O–H groups in total. The second-order valence-electron chi connectivity index (χ2n) is 6.31. The number of nitrogens with one attached hydrogen (secondary N) is 1. The molecule has 0 spiro atoms. The van der Waals surface area contributed by atoms with Crippen LogP contribution >= 0.6 is 15.9 Å². The van der Waals surface area contributed by atoms with Gasteiger partial charge in [0.1, 0.15) is 6.54 Å². The molecule has 1 unspecified atom stereocenters. The van der Waals surface area contributed by atoms with Gasteiger partial charge in [-0.3, -0.25) is 9.59 Å². The van der Waals surface area contributed by atoms with E-state index in [2.05, 4.69) is 21.2 Å². The molecule has 0 aromatic heterocycles. The number of carbonyl (C=O) groups excluding carboxylic acids is 2. The summed E-state index contributed by atoms with van der Waals surface area (Å²) in [4.78, 5) is 26.5. The minimum atomic E-state index is -0.615. The van der Waals surface area contributed by atoms with Crippen LogP contribution in [0.3, 0.4) is 0 Å². The molecule has 5 nitrogen and oxygen atoms in total. The zero-order valence-corrected chi connectivity index (χ0v) is 14.3. The van der Waals surface area contributed by atoms with Crippen molar-refractivity contribution in [1.29, 1.82) is 0 Å². The third kappa shape index (κ3) is 2.65. The number of rotatable bonds is 3. The lowest BCUT2D eigenvalue weighted by Crippen LogP contribution is -2.45. The highest BCUT2D eigenvalue weighted by atomic mass is 79.9. The zero-order valence-electron chi connectivity index (χ0n) is 12.7. The molecule has 0 bridgehead atoms. The number of anilines is 1. The molecule has 6 heteroatoms. The van der Waals surface area contributed by atoms with Crippen LogP contribution in [-0.4, -0.2) is 37.6 Å². The van der Waals surface area contributed by atoms with Crippen molar-refractivity contribution in [3.8, 4) is 0 Å². The quantitative estimate of drug-likeness (QED) is 0.889. The van der Waals surface area contributed by atoms with Crippen LogP contribution in [0, 0.1) is 0 Å². The van der Waals surface area contributed by atoms with Crippen LogP contribution in [-0.2, 0) is 19.7 Å². The Hall–Kier alpha value is -1.40. The van der Waals surface area contributed by atoms with E-state index in [9.17, 15) is 9.59 Å². The molecule has 3 rings (SSSR count). The van der Waals surface area contributed by atoms with E-state index in [-0.39, 0.29) is 24.4 Å². The Balaban J connectivity index is 1.79. The van der Waals surface area contributed by atoms with E-state index in [0.29, 0.717) is 13.2 Å². The molecule has 2 aliphatic rings. The second-order valence-corrected chi connectivity index (χ2v) is 7.22.